The zero-order chi connectivity index (χ0) is 13.7. The normalized spacial score (nSPS) is 10.7. The summed E-state index contributed by atoms with van der Waals surface area (Å²) in [6, 6.07) is 0. The lowest BCUT2D eigenvalue weighted by Crippen LogP contribution is -2.39. The minimum atomic E-state index is -0.988. The molecule has 0 saturated carbocycles. The minimum absolute atomic E-state index is 0.171. The Morgan fingerprint density at radius 3 is 2.61 bits per heavy atom. The van der Waals surface area contributed by atoms with Crippen molar-refractivity contribution in [3.8, 4) is 0 Å². The van der Waals surface area contributed by atoms with Gasteiger partial charge in [-0.15, -0.1) is 11.3 Å². The molecule has 1 aromatic heterocycles. The number of hydrogen-bond donors (Lipinski definition) is 1. The maximum atomic E-state index is 12.0. The van der Waals surface area contributed by atoms with Gasteiger partial charge in [-0.05, 0) is 12.8 Å². The van der Waals surface area contributed by atoms with Crippen molar-refractivity contribution in [3.05, 3.63) is 16.1 Å². The number of carbonyl (C=O) groups excluding carboxylic acids is 1. The van der Waals surface area contributed by atoms with E-state index in [1.165, 1.54) is 16.2 Å². The van der Waals surface area contributed by atoms with Crippen molar-refractivity contribution in [1.82, 2.24) is 9.88 Å². The average Bonchev–Trinajstić information content (AvgIpc) is 2.61. The van der Waals surface area contributed by atoms with Crippen molar-refractivity contribution in [2.75, 3.05) is 13.1 Å². The van der Waals surface area contributed by atoms with Gasteiger partial charge < -0.3 is 10.0 Å². The van der Waals surface area contributed by atoms with Gasteiger partial charge in [0.15, 0.2) is 0 Å². The molecule has 1 heterocycles. The second kappa shape index (κ2) is 6.49. The van der Waals surface area contributed by atoms with Crippen molar-refractivity contribution in [1.29, 1.82) is 0 Å². The average molecular weight is 270 g/mol. The lowest BCUT2D eigenvalue weighted by molar-refractivity contribution is -0.144. The molecule has 6 heteroatoms. The van der Waals surface area contributed by atoms with Gasteiger partial charge in [0.05, 0.1) is 17.1 Å². The van der Waals surface area contributed by atoms with Crippen molar-refractivity contribution in [2.45, 2.75) is 27.2 Å². The number of nitrogens with zero attached hydrogens (tertiary/aromatic N) is 2. The molecule has 0 fully saturated rings. The van der Waals surface area contributed by atoms with Crippen LogP contribution in [0.3, 0.4) is 0 Å². The van der Waals surface area contributed by atoms with Crippen LogP contribution in [0, 0.1) is 12.8 Å². The van der Waals surface area contributed by atoms with Gasteiger partial charge in [-0.3, -0.25) is 9.59 Å². The summed E-state index contributed by atoms with van der Waals surface area (Å²) in [4.78, 5) is 28.4. The van der Waals surface area contributed by atoms with Crippen LogP contribution in [0.4, 0.5) is 0 Å². The summed E-state index contributed by atoms with van der Waals surface area (Å²) in [5.74, 6) is -0.930. The summed E-state index contributed by atoms with van der Waals surface area (Å²) < 4.78 is 0. The standard InChI is InChI=1S/C12H18N2O3S/c1-8(2)5-14(6-12(16)17)11(15)4-10-7-18-9(3)13-10/h7-8H,4-6H2,1-3H3,(H,16,17). The second-order valence-corrected chi connectivity index (χ2v) is 5.66. The molecule has 0 aromatic carbocycles. The minimum Gasteiger partial charge on any atom is -0.480 e. The SMILES string of the molecule is Cc1nc(CC(=O)N(CC(=O)O)CC(C)C)cs1. The highest BCUT2D eigenvalue weighted by Crippen LogP contribution is 2.10. The van der Waals surface area contributed by atoms with Gasteiger partial charge in [0.1, 0.15) is 6.54 Å². The number of aliphatic carboxylic acids is 1. The van der Waals surface area contributed by atoms with Crippen molar-refractivity contribution < 1.29 is 14.7 Å². The molecule has 18 heavy (non-hydrogen) atoms. The Bertz CT molecular complexity index is 429. The molecule has 0 aliphatic carbocycles. The van der Waals surface area contributed by atoms with Gasteiger partial charge >= 0.3 is 5.97 Å². The summed E-state index contributed by atoms with van der Waals surface area (Å²) in [6.45, 7) is 5.99. The molecule has 0 spiro atoms. The molecule has 0 saturated heterocycles. The van der Waals surface area contributed by atoms with E-state index in [0.29, 0.717) is 12.2 Å². The number of thiazole rings is 1. The predicted molar refractivity (Wildman–Crippen MR) is 69.6 cm³/mol. The van der Waals surface area contributed by atoms with E-state index in [0.717, 1.165) is 5.01 Å². The number of carbonyl (C=O) groups is 2. The van der Waals surface area contributed by atoms with Crippen molar-refractivity contribution in [3.63, 3.8) is 0 Å². The van der Waals surface area contributed by atoms with E-state index in [-0.39, 0.29) is 24.8 Å². The Hall–Kier alpha value is -1.43. The molecule has 0 radical (unpaired) electrons. The zero-order valence-corrected chi connectivity index (χ0v) is 11.7. The number of rotatable bonds is 6. The van der Waals surface area contributed by atoms with Crippen LogP contribution in [-0.4, -0.2) is 40.0 Å². The number of aryl methyl sites for hydroxylation is 1. The molecule has 1 amide bonds. The number of hydrogen-bond acceptors (Lipinski definition) is 4. The molecule has 0 bridgehead atoms. The maximum absolute atomic E-state index is 12.0. The Kier molecular flexibility index (Phi) is 5.27. The van der Waals surface area contributed by atoms with Gasteiger partial charge in [0.25, 0.3) is 0 Å². The molecule has 1 rings (SSSR count). The summed E-state index contributed by atoms with van der Waals surface area (Å²) in [5, 5.41) is 11.6. The highest BCUT2D eigenvalue weighted by atomic mass is 32.1. The predicted octanol–water partition coefficient (Wildman–Crippen LogP) is 1.56. The molecule has 0 atom stereocenters. The maximum Gasteiger partial charge on any atom is 0.323 e. The molecular formula is C12H18N2O3S. The van der Waals surface area contributed by atoms with Gasteiger partial charge in [0.2, 0.25) is 5.91 Å². The fourth-order valence-electron chi connectivity index (χ4n) is 1.61. The highest BCUT2D eigenvalue weighted by molar-refractivity contribution is 7.09. The summed E-state index contributed by atoms with van der Waals surface area (Å²) in [7, 11) is 0. The Balaban J connectivity index is 2.66. The Morgan fingerprint density at radius 1 is 1.50 bits per heavy atom. The topological polar surface area (TPSA) is 70.5 Å². The Labute approximate surface area is 110 Å². The smallest absolute Gasteiger partial charge is 0.323 e. The van der Waals surface area contributed by atoms with Crippen LogP contribution in [0.1, 0.15) is 24.5 Å². The van der Waals surface area contributed by atoms with Gasteiger partial charge in [-0.25, -0.2) is 4.98 Å². The molecule has 1 aromatic rings. The fourth-order valence-corrected chi connectivity index (χ4v) is 2.23. The molecule has 0 unspecified atom stereocenters. The summed E-state index contributed by atoms with van der Waals surface area (Å²) in [5.41, 5.74) is 0.710. The van der Waals surface area contributed by atoms with E-state index < -0.39 is 5.97 Å². The van der Waals surface area contributed by atoms with Crippen LogP contribution >= 0.6 is 11.3 Å². The van der Waals surface area contributed by atoms with Gasteiger partial charge in [-0.1, -0.05) is 13.8 Å². The molecule has 0 aliphatic rings. The monoisotopic (exact) mass is 270 g/mol. The van der Waals surface area contributed by atoms with Crippen molar-refractivity contribution in [2.24, 2.45) is 5.92 Å². The van der Waals surface area contributed by atoms with E-state index in [2.05, 4.69) is 4.98 Å². The second-order valence-electron chi connectivity index (χ2n) is 4.60. The van der Waals surface area contributed by atoms with Crippen LogP contribution in [-0.2, 0) is 16.0 Å². The first-order chi connectivity index (χ1) is 8.38. The fraction of sp³-hybridized carbons (Fsp3) is 0.583. The third-order valence-electron chi connectivity index (χ3n) is 2.26. The van der Waals surface area contributed by atoms with Crippen LogP contribution < -0.4 is 0 Å². The molecule has 0 aliphatic heterocycles. The van der Waals surface area contributed by atoms with E-state index in [9.17, 15) is 9.59 Å². The van der Waals surface area contributed by atoms with Crippen LogP contribution in [0.2, 0.25) is 0 Å². The largest absolute Gasteiger partial charge is 0.480 e. The van der Waals surface area contributed by atoms with Gasteiger partial charge in [-0.2, -0.15) is 0 Å². The van der Waals surface area contributed by atoms with Crippen LogP contribution in [0.15, 0.2) is 5.38 Å². The highest BCUT2D eigenvalue weighted by Gasteiger charge is 2.18. The first-order valence-corrected chi connectivity index (χ1v) is 6.67. The first-order valence-electron chi connectivity index (χ1n) is 5.79. The van der Waals surface area contributed by atoms with E-state index >= 15 is 0 Å². The molecule has 5 nitrogen and oxygen atoms in total. The van der Waals surface area contributed by atoms with Crippen molar-refractivity contribution >= 4 is 23.2 Å². The summed E-state index contributed by atoms with van der Waals surface area (Å²) >= 11 is 1.49. The number of carboxylic acid groups (broad SMARTS) is 1. The van der Waals surface area contributed by atoms with Crippen LogP contribution in [0.25, 0.3) is 0 Å². The molecule has 100 valence electrons. The first kappa shape index (κ1) is 14.6. The summed E-state index contributed by atoms with van der Waals surface area (Å²) in [6.07, 6.45) is 0.171. The third kappa shape index (κ3) is 4.83. The van der Waals surface area contributed by atoms with Crippen LogP contribution in [0.5, 0.6) is 0 Å². The third-order valence-corrected chi connectivity index (χ3v) is 3.09. The lowest BCUT2D eigenvalue weighted by atomic mass is 10.2. The van der Waals surface area contributed by atoms with Gasteiger partial charge in [0, 0.05) is 11.9 Å². The zero-order valence-electron chi connectivity index (χ0n) is 10.8. The lowest BCUT2D eigenvalue weighted by Gasteiger charge is -2.22. The number of amides is 1. The van der Waals surface area contributed by atoms with E-state index in [1.54, 1.807) is 0 Å². The number of carboxylic acids is 1. The van der Waals surface area contributed by atoms with E-state index in [4.69, 9.17) is 5.11 Å². The number of aromatic nitrogens is 1. The molecular weight excluding hydrogens is 252 g/mol. The van der Waals surface area contributed by atoms with E-state index in [1.807, 2.05) is 26.2 Å². The molecule has 1 N–H and O–H groups in total. The quantitative estimate of drug-likeness (QED) is 0.851. The Morgan fingerprint density at radius 2 is 2.17 bits per heavy atom.